The molecule has 0 amide bonds. The number of sulfonamides is 1. The van der Waals surface area contributed by atoms with Crippen molar-refractivity contribution in [3.05, 3.63) is 17.0 Å². The maximum absolute atomic E-state index is 12.2. The molecular weight excluding hydrogens is 469 g/mol. The van der Waals surface area contributed by atoms with Crippen molar-refractivity contribution in [3.8, 4) is 0 Å². The van der Waals surface area contributed by atoms with Gasteiger partial charge in [0.15, 0.2) is 5.96 Å². The van der Waals surface area contributed by atoms with Crippen molar-refractivity contribution in [1.29, 1.82) is 0 Å². The summed E-state index contributed by atoms with van der Waals surface area (Å²) in [5.74, 6) is 1.45. The number of rotatable bonds is 10. The number of aryl methyl sites for hydroxylation is 2. The lowest BCUT2D eigenvalue weighted by atomic mass is 10.1. The standard InChI is InChI=1S/C16H31N5O3S.HI/c1-6-14-13(15(7-2)24-20-14)12-19-16(17-5)18-10-11-25(22,23)21(8-3)9-4;/h6-12H2,1-5H3,(H2,17,18,19);1H. The maximum atomic E-state index is 12.2. The number of guanidine groups is 1. The third-order valence-corrected chi connectivity index (χ3v) is 6.04. The molecule has 0 aliphatic carbocycles. The first kappa shape index (κ1) is 25.1. The van der Waals surface area contributed by atoms with Gasteiger partial charge in [-0.15, -0.1) is 24.0 Å². The van der Waals surface area contributed by atoms with Crippen LogP contribution in [-0.2, 0) is 29.4 Å². The molecule has 0 aliphatic heterocycles. The minimum atomic E-state index is -3.24. The molecule has 0 atom stereocenters. The summed E-state index contributed by atoms with van der Waals surface area (Å²) in [7, 11) is -1.59. The zero-order valence-electron chi connectivity index (χ0n) is 16.3. The van der Waals surface area contributed by atoms with Crippen molar-refractivity contribution in [2.75, 3.05) is 32.4 Å². The minimum Gasteiger partial charge on any atom is -0.361 e. The Morgan fingerprint density at radius 2 is 1.81 bits per heavy atom. The minimum absolute atomic E-state index is 0. The highest BCUT2D eigenvalue weighted by molar-refractivity contribution is 14.0. The molecule has 8 nitrogen and oxygen atoms in total. The van der Waals surface area contributed by atoms with Gasteiger partial charge in [0.2, 0.25) is 10.0 Å². The molecule has 1 heterocycles. The summed E-state index contributed by atoms with van der Waals surface area (Å²) >= 11 is 0. The molecule has 0 saturated heterocycles. The third kappa shape index (κ3) is 7.03. The van der Waals surface area contributed by atoms with Crippen LogP contribution >= 0.6 is 24.0 Å². The van der Waals surface area contributed by atoms with Gasteiger partial charge in [0.1, 0.15) is 5.76 Å². The van der Waals surface area contributed by atoms with E-state index in [1.54, 1.807) is 7.05 Å². The molecule has 0 radical (unpaired) electrons. The van der Waals surface area contributed by atoms with Crippen LogP contribution in [0.4, 0.5) is 0 Å². The molecule has 152 valence electrons. The summed E-state index contributed by atoms with van der Waals surface area (Å²) in [4.78, 5) is 4.14. The molecule has 0 unspecified atom stereocenters. The summed E-state index contributed by atoms with van der Waals surface area (Å²) in [5, 5.41) is 10.3. The average Bonchev–Trinajstić information content (AvgIpc) is 3.00. The van der Waals surface area contributed by atoms with E-state index in [9.17, 15) is 8.42 Å². The van der Waals surface area contributed by atoms with Crippen molar-refractivity contribution < 1.29 is 12.9 Å². The van der Waals surface area contributed by atoms with E-state index < -0.39 is 10.0 Å². The van der Waals surface area contributed by atoms with Crippen molar-refractivity contribution in [2.24, 2.45) is 4.99 Å². The third-order valence-electron chi connectivity index (χ3n) is 4.01. The summed E-state index contributed by atoms with van der Waals surface area (Å²) < 4.78 is 31.2. The van der Waals surface area contributed by atoms with Crippen molar-refractivity contribution in [3.63, 3.8) is 0 Å². The molecule has 1 aromatic heterocycles. The monoisotopic (exact) mass is 501 g/mol. The molecule has 1 aromatic rings. The lowest BCUT2D eigenvalue weighted by molar-refractivity contribution is 0.380. The van der Waals surface area contributed by atoms with Gasteiger partial charge < -0.3 is 15.2 Å². The van der Waals surface area contributed by atoms with Gasteiger partial charge in [-0.05, 0) is 6.42 Å². The van der Waals surface area contributed by atoms with Gasteiger partial charge in [-0.3, -0.25) is 4.99 Å². The Labute approximate surface area is 174 Å². The van der Waals surface area contributed by atoms with Gasteiger partial charge >= 0.3 is 0 Å². The number of aromatic nitrogens is 1. The van der Waals surface area contributed by atoms with Gasteiger partial charge in [0, 0.05) is 45.2 Å². The van der Waals surface area contributed by atoms with Gasteiger partial charge in [-0.2, -0.15) is 0 Å². The molecule has 26 heavy (non-hydrogen) atoms. The summed E-state index contributed by atoms with van der Waals surface area (Å²) in [5.41, 5.74) is 1.98. The Bertz CT molecular complexity index is 635. The highest BCUT2D eigenvalue weighted by Gasteiger charge is 2.18. The van der Waals surface area contributed by atoms with Crippen molar-refractivity contribution >= 4 is 40.0 Å². The zero-order valence-corrected chi connectivity index (χ0v) is 19.5. The van der Waals surface area contributed by atoms with E-state index in [2.05, 4.69) is 20.8 Å². The first-order chi connectivity index (χ1) is 11.9. The van der Waals surface area contributed by atoms with Crippen molar-refractivity contribution in [2.45, 2.75) is 47.1 Å². The van der Waals surface area contributed by atoms with Crippen LogP contribution in [0.3, 0.4) is 0 Å². The first-order valence-corrected chi connectivity index (χ1v) is 10.4. The average molecular weight is 501 g/mol. The number of hydrogen-bond donors (Lipinski definition) is 2. The molecular formula is C16H32IN5O3S. The Hall–Kier alpha value is -0.880. The van der Waals surface area contributed by atoms with Crippen LogP contribution < -0.4 is 10.6 Å². The summed E-state index contributed by atoms with van der Waals surface area (Å²) in [6, 6.07) is 0. The smallest absolute Gasteiger partial charge is 0.215 e. The fraction of sp³-hybridized carbons (Fsp3) is 0.750. The number of halogens is 1. The van der Waals surface area contributed by atoms with E-state index in [0.717, 1.165) is 29.9 Å². The molecule has 0 spiro atoms. The Morgan fingerprint density at radius 1 is 1.15 bits per heavy atom. The fourth-order valence-corrected chi connectivity index (χ4v) is 3.98. The predicted octanol–water partition coefficient (Wildman–Crippen LogP) is 1.75. The summed E-state index contributed by atoms with van der Waals surface area (Å²) in [6.45, 7) is 9.54. The van der Waals surface area contributed by atoms with E-state index in [4.69, 9.17) is 4.52 Å². The highest BCUT2D eigenvalue weighted by atomic mass is 127. The van der Waals surface area contributed by atoms with E-state index in [-0.39, 0.29) is 29.7 Å². The molecule has 1 rings (SSSR count). The fourth-order valence-electron chi connectivity index (χ4n) is 2.58. The largest absolute Gasteiger partial charge is 0.361 e. The molecule has 2 N–H and O–H groups in total. The Morgan fingerprint density at radius 3 is 2.31 bits per heavy atom. The van der Waals surface area contributed by atoms with Crippen LogP contribution in [0.15, 0.2) is 9.52 Å². The van der Waals surface area contributed by atoms with Crippen LogP contribution in [-0.4, -0.2) is 56.3 Å². The van der Waals surface area contributed by atoms with E-state index in [1.165, 1.54) is 4.31 Å². The maximum Gasteiger partial charge on any atom is 0.215 e. The second-order valence-electron chi connectivity index (χ2n) is 5.49. The summed E-state index contributed by atoms with van der Waals surface area (Å²) in [6.07, 6.45) is 1.58. The van der Waals surface area contributed by atoms with Crippen LogP contribution in [0, 0.1) is 0 Å². The van der Waals surface area contributed by atoms with Crippen LogP contribution in [0.5, 0.6) is 0 Å². The molecule has 0 bridgehead atoms. The Kier molecular flexibility index (Phi) is 12.1. The molecule has 0 aromatic carbocycles. The Balaban J connectivity index is 0.00000625. The van der Waals surface area contributed by atoms with Crippen LogP contribution in [0.1, 0.15) is 44.7 Å². The lowest BCUT2D eigenvalue weighted by Gasteiger charge is -2.19. The first-order valence-electron chi connectivity index (χ1n) is 8.81. The van der Waals surface area contributed by atoms with E-state index in [0.29, 0.717) is 32.1 Å². The highest BCUT2D eigenvalue weighted by Crippen LogP contribution is 2.15. The zero-order chi connectivity index (χ0) is 18.9. The normalized spacial score (nSPS) is 12.2. The molecule has 10 heteroatoms. The van der Waals surface area contributed by atoms with Crippen molar-refractivity contribution in [1.82, 2.24) is 20.1 Å². The second kappa shape index (κ2) is 12.5. The van der Waals surface area contributed by atoms with Crippen LogP contribution in [0.2, 0.25) is 0 Å². The van der Waals surface area contributed by atoms with Gasteiger partial charge in [0.25, 0.3) is 0 Å². The predicted molar refractivity (Wildman–Crippen MR) is 116 cm³/mol. The van der Waals surface area contributed by atoms with Gasteiger partial charge in [-0.25, -0.2) is 12.7 Å². The van der Waals surface area contributed by atoms with E-state index in [1.807, 2.05) is 27.7 Å². The van der Waals surface area contributed by atoms with E-state index >= 15 is 0 Å². The van der Waals surface area contributed by atoms with Gasteiger partial charge in [0.05, 0.1) is 11.4 Å². The SMILES string of the molecule is CCc1noc(CC)c1CNC(=NC)NCCS(=O)(=O)N(CC)CC.I. The molecule has 0 saturated carbocycles. The topological polar surface area (TPSA) is 99.8 Å². The number of nitrogens with zero attached hydrogens (tertiary/aromatic N) is 3. The number of hydrogen-bond acceptors (Lipinski definition) is 5. The number of nitrogens with one attached hydrogen (secondary N) is 2. The quantitative estimate of drug-likeness (QED) is 0.288. The second-order valence-corrected chi connectivity index (χ2v) is 7.58. The number of aliphatic imine (C=N–C) groups is 1. The molecule has 0 aliphatic rings. The molecule has 0 fully saturated rings. The van der Waals surface area contributed by atoms with Crippen LogP contribution in [0.25, 0.3) is 0 Å². The lowest BCUT2D eigenvalue weighted by Crippen LogP contribution is -2.42. The van der Waals surface area contributed by atoms with Gasteiger partial charge in [-0.1, -0.05) is 32.9 Å².